The summed E-state index contributed by atoms with van der Waals surface area (Å²) in [6.45, 7) is 0.00752. The van der Waals surface area contributed by atoms with E-state index in [9.17, 15) is 39.6 Å². The second-order valence-electron chi connectivity index (χ2n) is 10.2. The van der Waals surface area contributed by atoms with Gasteiger partial charge >= 0.3 is 0 Å². The smallest absolute Gasteiger partial charge is 0.256 e. The first-order valence-corrected chi connectivity index (χ1v) is 12.1. The lowest BCUT2D eigenvalue weighted by Crippen LogP contribution is -2.65. The normalized spacial score (nSPS) is 26.3. The molecule has 3 aliphatic rings. The number of nitrogens with zero attached hydrogens (tertiary/aromatic N) is 2. The van der Waals surface area contributed by atoms with Crippen LogP contribution in [0.25, 0.3) is 5.76 Å². The number of hydrogen-bond donors (Lipinski definition) is 6. The number of Topliss-reactive ketones (excluding diaryl/α,β-unsaturated/α-hetero) is 2. The molecule has 13 nitrogen and oxygen atoms in total. The number of nitrogens with one attached hydrogen (secondary N) is 1. The van der Waals surface area contributed by atoms with E-state index >= 15 is 0 Å². The molecule has 1 heterocycles. The SMILES string of the molecule is CN(C)[C@@H]1C(=O)C(C(N)=O)=C(O)[C@@]2(O)C(=O)C3=C(O)c4c(O)ccc(CNC(=O)c5cnoc5)c4C[C@H]3C[C@@H]12. The number of aromatic nitrogens is 1. The van der Waals surface area contributed by atoms with E-state index in [1.54, 1.807) is 6.07 Å². The number of carbonyl (C=O) groups is 4. The third kappa shape index (κ3) is 3.72. The van der Waals surface area contributed by atoms with Gasteiger partial charge in [0.2, 0.25) is 5.78 Å². The maximum Gasteiger partial charge on any atom is 0.256 e. The van der Waals surface area contributed by atoms with Crippen molar-refractivity contribution in [3.63, 3.8) is 0 Å². The Kier molecular flexibility index (Phi) is 6.07. The fourth-order valence-electron chi connectivity index (χ4n) is 6.07. The first kappa shape index (κ1) is 26.1. The van der Waals surface area contributed by atoms with Crippen molar-refractivity contribution < 1.29 is 44.1 Å². The van der Waals surface area contributed by atoms with Crippen LogP contribution in [0.1, 0.15) is 33.5 Å². The van der Waals surface area contributed by atoms with Crippen LogP contribution in [-0.2, 0) is 27.3 Å². The van der Waals surface area contributed by atoms with Gasteiger partial charge in [0.1, 0.15) is 29.1 Å². The Labute approximate surface area is 221 Å². The topological polar surface area (TPSA) is 217 Å². The monoisotopic (exact) mass is 538 g/mol. The lowest BCUT2D eigenvalue weighted by atomic mass is 9.57. The van der Waals surface area contributed by atoms with Crippen molar-refractivity contribution >= 4 is 29.1 Å². The standard InChI is InChI=1S/C26H26N4O9/c1-30(2)19-14-6-11-5-13-10(7-28-25(37)12-8-29-39-9-12)3-4-15(31)17(13)20(32)16(11)22(34)26(14,38)23(35)18(21(19)33)24(27)36/h3-4,8-9,11,14,19,31-32,35,38H,5-7H2,1-2H3,(H2,27,36)(H,28,37)/t11-,14-,19-,26-/m0/s1. The summed E-state index contributed by atoms with van der Waals surface area (Å²) in [4.78, 5) is 52.9. The molecule has 5 rings (SSSR count). The van der Waals surface area contributed by atoms with Crippen LogP contribution in [-0.4, -0.2) is 79.6 Å². The molecule has 13 heteroatoms. The number of primary amides is 1. The van der Waals surface area contributed by atoms with Crippen LogP contribution in [0, 0.1) is 11.8 Å². The number of amides is 2. The van der Waals surface area contributed by atoms with Gasteiger partial charge in [0.15, 0.2) is 11.4 Å². The van der Waals surface area contributed by atoms with Gasteiger partial charge in [-0.2, -0.15) is 0 Å². The molecule has 0 aliphatic heterocycles. The average Bonchev–Trinajstić information content (AvgIpc) is 3.40. The molecular weight excluding hydrogens is 512 g/mol. The van der Waals surface area contributed by atoms with Gasteiger partial charge in [-0.15, -0.1) is 0 Å². The van der Waals surface area contributed by atoms with Crippen molar-refractivity contribution in [3.8, 4) is 5.75 Å². The fraction of sp³-hybridized carbons (Fsp3) is 0.346. The minimum atomic E-state index is -2.70. The zero-order chi connectivity index (χ0) is 28.4. The summed E-state index contributed by atoms with van der Waals surface area (Å²) < 4.78 is 4.68. The zero-order valence-corrected chi connectivity index (χ0v) is 21.0. The Bertz CT molecular complexity index is 1490. The fourth-order valence-corrected chi connectivity index (χ4v) is 6.07. The average molecular weight is 539 g/mol. The molecule has 1 saturated carbocycles. The number of nitrogens with two attached hydrogens (primary N) is 1. The number of hydrogen-bond acceptors (Lipinski definition) is 11. The van der Waals surface area contributed by atoms with E-state index in [2.05, 4.69) is 15.0 Å². The van der Waals surface area contributed by atoms with Gasteiger partial charge in [0.25, 0.3) is 11.8 Å². The van der Waals surface area contributed by atoms with Crippen LogP contribution in [0.15, 0.2) is 46.0 Å². The highest BCUT2D eigenvalue weighted by molar-refractivity contribution is 6.24. The number of phenolic OH excluding ortho intramolecular Hbond substituents is 1. The minimum absolute atomic E-state index is 0.00752. The summed E-state index contributed by atoms with van der Waals surface area (Å²) in [5.74, 6) is -7.66. The van der Waals surface area contributed by atoms with Crippen molar-refractivity contribution in [1.29, 1.82) is 0 Å². The quantitative estimate of drug-likeness (QED) is 0.276. The Hall–Kier alpha value is -4.49. The van der Waals surface area contributed by atoms with Gasteiger partial charge in [-0.1, -0.05) is 11.2 Å². The van der Waals surface area contributed by atoms with Gasteiger partial charge in [0, 0.05) is 18.0 Å². The van der Waals surface area contributed by atoms with Crippen LogP contribution >= 0.6 is 0 Å². The van der Waals surface area contributed by atoms with Crippen molar-refractivity contribution in [2.24, 2.45) is 17.6 Å². The molecule has 0 unspecified atom stereocenters. The molecule has 0 spiro atoms. The van der Waals surface area contributed by atoms with Crippen molar-refractivity contribution in [1.82, 2.24) is 15.4 Å². The van der Waals surface area contributed by atoms with Gasteiger partial charge in [-0.25, -0.2) is 0 Å². The molecule has 1 aromatic carbocycles. The zero-order valence-electron chi connectivity index (χ0n) is 21.0. The molecule has 0 radical (unpaired) electrons. The molecular formula is C26H26N4O9. The number of phenols is 1. The Morgan fingerprint density at radius 3 is 2.56 bits per heavy atom. The van der Waals surface area contributed by atoms with Gasteiger partial charge in [-0.05, 0) is 50.0 Å². The van der Waals surface area contributed by atoms with Crippen molar-refractivity contribution in [2.45, 2.75) is 31.0 Å². The number of aliphatic hydroxyl groups excluding tert-OH is 2. The second-order valence-corrected chi connectivity index (χ2v) is 10.2. The summed E-state index contributed by atoms with van der Waals surface area (Å²) >= 11 is 0. The summed E-state index contributed by atoms with van der Waals surface area (Å²) in [6.07, 6.45) is 2.50. The number of likely N-dealkylation sites (N-methyl/N-ethyl adjacent to an activating group) is 1. The lowest BCUT2D eigenvalue weighted by Gasteiger charge is -2.50. The number of rotatable bonds is 5. The summed E-state index contributed by atoms with van der Waals surface area (Å²) in [5, 5.41) is 50.6. The third-order valence-electron chi connectivity index (χ3n) is 7.84. The van der Waals surface area contributed by atoms with Gasteiger partial charge in [-0.3, -0.25) is 24.1 Å². The maximum atomic E-state index is 13.8. The molecule has 1 aromatic heterocycles. The van der Waals surface area contributed by atoms with Crippen LogP contribution in [0.4, 0.5) is 0 Å². The van der Waals surface area contributed by atoms with E-state index in [4.69, 9.17) is 5.73 Å². The summed E-state index contributed by atoms with van der Waals surface area (Å²) in [7, 11) is 3.06. The molecule has 1 fully saturated rings. The first-order chi connectivity index (χ1) is 18.4. The molecule has 7 N–H and O–H groups in total. The Balaban J connectivity index is 1.61. The molecule has 4 atom stereocenters. The first-order valence-electron chi connectivity index (χ1n) is 12.1. The van der Waals surface area contributed by atoms with Gasteiger partial charge < -0.3 is 36.0 Å². The van der Waals surface area contributed by atoms with Crippen molar-refractivity contribution in [3.05, 3.63) is 63.8 Å². The highest BCUT2D eigenvalue weighted by Crippen LogP contribution is 2.52. The van der Waals surface area contributed by atoms with E-state index in [1.165, 1.54) is 37.5 Å². The molecule has 2 amide bonds. The summed E-state index contributed by atoms with van der Waals surface area (Å²) in [5.41, 5.74) is 2.66. The van der Waals surface area contributed by atoms with Crippen LogP contribution < -0.4 is 11.1 Å². The molecule has 2 aromatic rings. The lowest BCUT2D eigenvalue weighted by molar-refractivity contribution is -0.153. The molecule has 39 heavy (non-hydrogen) atoms. The largest absolute Gasteiger partial charge is 0.508 e. The Morgan fingerprint density at radius 2 is 1.95 bits per heavy atom. The third-order valence-corrected chi connectivity index (χ3v) is 7.84. The maximum absolute atomic E-state index is 13.8. The highest BCUT2D eigenvalue weighted by atomic mass is 16.5. The highest BCUT2D eigenvalue weighted by Gasteiger charge is 2.64. The number of aromatic hydroxyl groups is 1. The van der Waals surface area contributed by atoms with Crippen LogP contribution in [0.2, 0.25) is 0 Å². The number of benzene rings is 1. The van der Waals surface area contributed by atoms with Gasteiger partial charge in [0.05, 0.1) is 23.4 Å². The summed E-state index contributed by atoms with van der Waals surface area (Å²) in [6, 6.07) is 1.70. The Morgan fingerprint density at radius 1 is 1.23 bits per heavy atom. The van der Waals surface area contributed by atoms with E-state index in [-0.39, 0.29) is 41.8 Å². The van der Waals surface area contributed by atoms with E-state index in [0.717, 1.165) is 0 Å². The second kappa shape index (κ2) is 9.06. The molecule has 0 saturated heterocycles. The number of fused-ring (bicyclic) bond motifs is 3. The van der Waals surface area contributed by atoms with Crippen molar-refractivity contribution in [2.75, 3.05) is 14.1 Å². The van der Waals surface area contributed by atoms with Crippen LogP contribution in [0.5, 0.6) is 5.75 Å². The predicted molar refractivity (Wildman–Crippen MR) is 132 cm³/mol. The molecule has 3 aliphatic carbocycles. The minimum Gasteiger partial charge on any atom is -0.508 e. The van der Waals surface area contributed by atoms with E-state index in [1.807, 2.05) is 0 Å². The van der Waals surface area contributed by atoms with E-state index < -0.39 is 64.0 Å². The number of ketones is 2. The van der Waals surface area contributed by atoms with E-state index in [0.29, 0.717) is 11.1 Å². The molecule has 0 bridgehead atoms. The predicted octanol–water partition coefficient (Wildman–Crippen LogP) is -0.118. The number of aliphatic hydroxyl groups is 3. The molecule has 204 valence electrons. The number of carbonyl (C=O) groups excluding carboxylic acids is 4. The van der Waals surface area contributed by atoms with Crippen LogP contribution in [0.3, 0.4) is 0 Å².